The molecule has 1 aliphatic rings. The third-order valence-corrected chi connectivity index (χ3v) is 3.43. The van der Waals surface area contributed by atoms with Gasteiger partial charge in [0.1, 0.15) is 13.1 Å². The highest BCUT2D eigenvalue weighted by Crippen LogP contribution is 2.09. The summed E-state index contributed by atoms with van der Waals surface area (Å²) in [6.07, 6.45) is 0. The molecule has 0 unspecified atom stereocenters. The molecule has 1 heterocycles. The molecule has 0 aliphatic carbocycles. The number of amides is 1. The van der Waals surface area contributed by atoms with Crippen LogP contribution in [-0.4, -0.2) is 38.3 Å². The zero-order valence-corrected chi connectivity index (χ0v) is 11.0. The Bertz CT molecular complexity index is 414. The first-order valence-electron chi connectivity index (χ1n) is 6.46. The van der Waals surface area contributed by atoms with E-state index < -0.39 is 0 Å². The molecule has 0 saturated carbocycles. The molecule has 1 fully saturated rings. The van der Waals surface area contributed by atoms with Gasteiger partial charge in [-0.2, -0.15) is 0 Å². The van der Waals surface area contributed by atoms with Gasteiger partial charge in [-0.25, -0.2) is 0 Å². The number of aryl methyl sites for hydroxylation is 1. The highest BCUT2D eigenvalue weighted by atomic mass is 16.5. The molecule has 1 saturated heterocycles. The summed E-state index contributed by atoms with van der Waals surface area (Å²) in [5.74, 6) is 0.0810. The Labute approximate surface area is 108 Å². The summed E-state index contributed by atoms with van der Waals surface area (Å²) < 4.78 is 5.31. The lowest BCUT2D eigenvalue weighted by atomic mass is 10.2. The second-order valence-electron chi connectivity index (χ2n) is 4.85. The van der Waals surface area contributed by atoms with Crippen LogP contribution in [0.4, 0.5) is 5.69 Å². The first-order chi connectivity index (χ1) is 8.66. The molecule has 2 N–H and O–H groups in total. The molecule has 4 heteroatoms. The molecule has 4 nitrogen and oxygen atoms in total. The minimum atomic E-state index is -0.0330. The van der Waals surface area contributed by atoms with Gasteiger partial charge in [-0.3, -0.25) is 4.79 Å². The molecule has 1 amide bonds. The summed E-state index contributed by atoms with van der Waals surface area (Å²) in [5.41, 5.74) is 2.03. The van der Waals surface area contributed by atoms with E-state index in [0.29, 0.717) is 0 Å². The van der Waals surface area contributed by atoms with E-state index in [9.17, 15) is 4.79 Å². The Kier molecular flexibility index (Phi) is 4.33. The molecule has 18 heavy (non-hydrogen) atoms. The predicted octanol–water partition coefficient (Wildman–Crippen LogP) is 0.237. The number of carbonyl (C=O) groups excluding carboxylic acids is 1. The van der Waals surface area contributed by atoms with Gasteiger partial charge in [-0.05, 0) is 31.5 Å². The van der Waals surface area contributed by atoms with E-state index in [2.05, 4.69) is 5.32 Å². The van der Waals surface area contributed by atoms with Crippen LogP contribution < -0.4 is 10.2 Å². The first-order valence-corrected chi connectivity index (χ1v) is 6.46. The van der Waals surface area contributed by atoms with E-state index in [1.54, 1.807) is 0 Å². The summed E-state index contributed by atoms with van der Waals surface area (Å²) >= 11 is 0. The van der Waals surface area contributed by atoms with Gasteiger partial charge in [0, 0.05) is 5.69 Å². The van der Waals surface area contributed by atoms with Gasteiger partial charge in [-0.1, -0.05) is 12.1 Å². The van der Waals surface area contributed by atoms with Crippen LogP contribution in [0.1, 0.15) is 12.5 Å². The second-order valence-corrected chi connectivity index (χ2v) is 4.85. The van der Waals surface area contributed by atoms with Crippen molar-refractivity contribution in [3.05, 3.63) is 29.8 Å². The van der Waals surface area contributed by atoms with Crippen molar-refractivity contribution in [2.75, 3.05) is 31.6 Å². The number of quaternary nitrogens is 1. The molecular formula is C14H21N2O2+. The van der Waals surface area contributed by atoms with Crippen molar-refractivity contribution in [1.82, 2.24) is 0 Å². The van der Waals surface area contributed by atoms with Crippen LogP contribution in [0.2, 0.25) is 0 Å². The largest absolute Gasteiger partial charge is 0.370 e. The van der Waals surface area contributed by atoms with Gasteiger partial charge in [0.15, 0.2) is 6.04 Å². The first kappa shape index (κ1) is 13.1. The number of anilines is 1. The van der Waals surface area contributed by atoms with E-state index in [4.69, 9.17) is 4.74 Å². The van der Waals surface area contributed by atoms with Gasteiger partial charge in [0.2, 0.25) is 0 Å². The van der Waals surface area contributed by atoms with Crippen LogP contribution in [-0.2, 0) is 9.53 Å². The standard InChI is InChI=1S/C14H20N2O2/c1-11-4-3-5-13(10-11)15-14(17)12(2)16-6-8-18-9-7-16/h3-5,10,12H,6-9H2,1-2H3,(H,15,17)/p+1/t12-/m1/s1. The molecule has 0 radical (unpaired) electrons. The number of rotatable bonds is 3. The molecule has 1 aromatic rings. The summed E-state index contributed by atoms with van der Waals surface area (Å²) in [6.45, 7) is 7.30. The fourth-order valence-electron chi connectivity index (χ4n) is 2.23. The molecule has 0 aromatic heterocycles. The third kappa shape index (κ3) is 3.31. The van der Waals surface area contributed by atoms with E-state index in [1.807, 2.05) is 38.1 Å². The smallest absolute Gasteiger partial charge is 0.282 e. The Morgan fingerprint density at radius 3 is 2.78 bits per heavy atom. The summed E-state index contributed by atoms with van der Waals surface area (Å²) in [6, 6.07) is 7.85. The number of carbonyl (C=O) groups is 1. The highest BCUT2D eigenvalue weighted by Gasteiger charge is 2.26. The zero-order valence-electron chi connectivity index (χ0n) is 11.0. The van der Waals surface area contributed by atoms with Crippen molar-refractivity contribution >= 4 is 11.6 Å². The lowest BCUT2D eigenvalue weighted by Crippen LogP contribution is -3.18. The Morgan fingerprint density at radius 1 is 1.39 bits per heavy atom. The van der Waals surface area contributed by atoms with Crippen molar-refractivity contribution in [1.29, 1.82) is 0 Å². The molecule has 2 rings (SSSR count). The second kappa shape index (κ2) is 5.98. The number of nitrogens with one attached hydrogen (secondary N) is 2. The summed E-state index contributed by atoms with van der Waals surface area (Å²) in [5, 5.41) is 2.98. The van der Waals surface area contributed by atoms with Crippen LogP contribution in [0.3, 0.4) is 0 Å². The van der Waals surface area contributed by atoms with Crippen molar-refractivity contribution in [2.45, 2.75) is 19.9 Å². The fourth-order valence-corrected chi connectivity index (χ4v) is 2.23. The average Bonchev–Trinajstić information content (AvgIpc) is 2.39. The van der Waals surface area contributed by atoms with Crippen molar-refractivity contribution in [2.24, 2.45) is 0 Å². The topological polar surface area (TPSA) is 42.8 Å². The van der Waals surface area contributed by atoms with Crippen LogP contribution in [0, 0.1) is 6.92 Å². The molecule has 1 atom stereocenters. The van der Waals surface area contributed by atoms with Crippen LogP contribution >= 0.6 is 0 Å². The SMILES string of the molecule is Cc1cccc(NC(=O)[C@@H](C)[NH+]2CCOCC2)c1. The summed E-state index contributed by atoms with van der Waals surface area (Å²) in [4.78, 5) is 13.4. The Balaban J connectivity index is 1.94. The van der Waals surface area contributed by atoms with Gasteiger partial charge in [0.25, 0.3) is 5.91 Å². The van der Waals surface area contributed by atoms with E-state index in [-0.39, 0.29) is 11.9 Å². The third-order valence-electron chi connectivity index (χ3n) is 3.43. The van der Waals surface area contributed by atoms with Gasteiger partial charge in [0.05, 0.1) is 13.2 Å². The number of hydrogen-bond donors (Lipinski definition) is 2. The Hall–Kier alpha value is -1.39. The normalized spacial score (nSPS) is 18.3. The Morgan fingerprint density at radius 2 is 2.11 bits per heavy atom. The van der Waals surface area contributed by atoms with Gasteiger partial charge < -0.3 is 15.0 Å². The van der Waals surface area contributed by atoms with Gasteiger partial charge in [-0.15, -0.1) is 0 Å². The minimum Gasteiger partial charge on any atom is -0.370 e. The molecular weight excluding hydrogens is 228 g/mol. The van der Waals surface area contributed by atoms with Crippen molar-refractivity contribution < 1.29 is 14.4 Å². The lowest BCUT2D eigenvalue weighted by molar-refractivity contribution is -0.921. The minimum absolute atomic E-state index is 0.0330. The van der Waals surface area contributed by atoms with E-state index in [1.165, 1.54) is 4.90 Å². The van der Waals surface area contributed by atoms with Crippen LogP contribution in [0.15, 0.2) is 24.3 Å². The number of hydrogen-bond acceptors (Lipinski definition) is 2. The molecule has 1 aromatic carbocycles. The zero-order chi connectivity index (χ0) is 13.0. The maximum absolute atomic E-state index is 12.2. The molecule has 0 spiro atoms. The lowest BCUT2D eigenvalue weighted by Gasteiger charge is -2.28. The van der Waals surface area contributed by atoms with Crippen LogP contribution in [0.5, 0.6) is 0 Å². The maximum atomic E-state index is 12.2. The van der Waals surface area contributed by atoms with Crippen LogP contribution in [0.25, 0.3) is 0 Å². The quantitative estimate of drug-likeness (QED) is 0.806. The number of morpholine rings is 1. The highest BCUT2D eigenvalue weighted by molar-refractivity contribution is 5.93. The average molecular weight is 249 g/mol. The monoisotopic (exact) mass is 249 g/mol. The number of ether oxygens (including phenoxy) is 1. The fraction of sp³-hybridized carbons (Fsp3) is 0.500. The summed E-state index contributed by atoms with van der Waals surface area (Å²) in [7, 11) is 0. The molecule has 0 bridgehead atoms. The number of benzene rings is 1. The molecule has 98 valence electrons. The van der Waals surface area contributed by atoms with Gasteiger partial charge >= 0.3 is 0 Å². The van der Waals surface area contributed by atoms with E-state index in [0.717, 1.165) is 37.6 Å². The van der Waals surface area contributed by atoms with E-state index >= 15 is 0 Å². The maximum Gasteiger partial charge on any atom is 0.282 e. The molecule has 1 aliphatic heterocycles. The predicted molar refractivity (Wildman–Crippen MR) is 70.8 cm³/mol. The van der Waals surface area contributed by atoms with Crippen molar-refractivity contribution in [3.8, 4) is 0 Å². The van der Waals surface area contributed by atoms with Crippen molar-refractivity contribution in [3.63, 3.8) is 0 Å².